The number of carbonyl (C=O) groups excluding carboxylic acids is 1. The molecular weight excluding hydrogens is 590 g/mol. The van der Waals surface area contributed by atoms with Crippen molar-refractivity contribution in [3.8, 4) is 0 Å². The molecule has 0 radical (unpaired) electrons. The number of fused-ring (bicyclic) bond motifs is 9. The van der Waals surface area contributed by atoms with Crippen LogP contribution in [-0.4, -0.2) is 69.6 Å². The van der Waals surface area contributed by atoms with Crippen LogP contribution >= 0.6 is 0 Å². The first-order valence-electron chi connectivity index (χ1n) is 18.4. The van der Waals surface area contributed by atoms with Crippen molar-refractivity contribution < 1.29 is 24.1 Å². The average molecular weight is 642 g/mol. The molecular formula is C39H51N3O5. The highest BCUT2D eigenvalue weighted by molar-refractivity contribution is 6.02. The molecule has 4 saturated carbocycles. The summed E-state index contributed by atoms with van der Waals surface area (Å²) in [5.74, 6) is -0.920. The second-order valence-corrected chi connectivity index (χ2v) is 16.8. The molecule has 2 aliphatic heterocycles. The zero-order chi connectivity index (χ0) is 32.4. The number of ether oxygens (including phenoxy) is 3. The number of rotatable bonds is 5. The first kappa shape index (κ1) is 30.5. The summed E-state index contributed by atoms with van der Waals surface area (Å²) >= 11 is 0. The van der Waals surface area contributed by atoms with Gasteiger partial charge in [-0.1, -0.05) is 57.7 Å². The van der Waals surface area contributed by atoms with Crippen molar-refractivity contribution in [2.24, 2.45) is 16.3 Å². The molecule has 3 N–H and O–H groups in total. The number of nitrogens with one attached hydrogen (secondary N) is 2. The van der Waals surface area contributed by atoms with E-state index < -0.39 is 28.5 Å². The summed E-state index contributed by atoms with van der Waals surface area (Å²) in [6.07, 6.45) is 13.0. The Morgan fingerprint density at radius 3 is 2.60 bits per heavy atom. The van der Waals surface area contributed by atoms with Gasteiger partial charge in [-0.2, -0.15) is 0 Å². The Kier molecular flexibility index (Phi) is 6.66. The Morgan fingerprint density at radius 1 is 1.06 bits per heavy atom. The number of carbonyl (C=O) groups is 1. The van der Waals surface area contributed by atoms with Crippen LogP contribution in [0.25, 0.3) is 10.9 Å². The van der Waals surface area contributed by atoms with E-state index in [2.05, 4.69) is 68.3 Å². The van der Waals surface area contributed by atoms with Gasteiger partial charge in [0.2, 0.25) is 5.91 Å². The lowest BCUT2D eigenvalue weighted by atomic mass is 9.41. The topological polar surface area (TPSA) is 105 Å². The quantitative estimate of drug-likeness (QED) is 0.361. The van der Waals surface area contributed by atoms with E-state index in [0.29, 0.717) is 19.3 Å². The minimum Gasteiger partial charge on any atom is -0.382 e. The summed E-state index contributed by atoms with van der Waals surface area (Å²) in [5.41, 5.74) is 2.26. The van der Waals surface area contributed by atoms with E-state index in [4.69, 9.17) is 19.2 Å². The van der Waals surface area contributed by atoms with Crippen molar-refractivity contribution in [2.45, 2.75) is 151 Å². The number of aromatic amines is 1. The van der Waals surface area contributed by atoms with Gasteiger partial charge in [0.05, 0.1) is 23.5 Å². The molecule has 7 aliphatic rings. The number of amides is 1. The fraction of sp³-hybridized carbons (Fsp3) is 0.692. The molecule has 2 unspecified atom stereocenters. The standard InChI is InChI=1S/C39H51N3O5/c1-35(2)34-29(40-24-11-5-6-12-24)21-30-38(46-34,47-35)18-17-36(3)37(4)23(19-27-26-15-9-10-16-28(26)42-33(27)37)20-31(39(30,36)44)45-22-32(43)41-25-13-7-8-14-25/h9-10,15-16,21,23-25,31,34,42,44H,5-8,11-14,17-20,22H2,1-4H3,(H,41,43)/t23?,31-,34?,36+,37+,38-,39-/m0/s1. The summed E-state index contributed by atoms with van der Waals surface area (Å²) in [5, 5.41) is 18.3. The van der Waals surface area contributed by atoms with Crippen LogP contribution in [0.4, 0.5) is 0 Å². The number of hydrogen-bond donors (Lipinski definition) is 3. The third kappa shape index (κ3) is 4.08. The lowest BCUT2D eigenvalue weighted by Gasteiger charge is -2.67. The van der Waals surface area contributed by atoms with Gasteiger partial charge < -0.3 is 29.6 Å². The molecule has 1 aromatic heterocycles. The van der Waals surface area contributed by atoms with Crippen LogP contribution in [0.15, 0.2) is 40.9 Å². The van der Waals surface area contributed by atoms with E-state index in [1.165, 1.54) is 29.5 Å². The van der Waals surface area contributed by atoms with Crippen molar-refractivity contribution in [1.29, 1.82) is 0 Å². The van der Waals surface area contributed by atoms with E-state index in [9.17, 15) is 9.90 Å². The van der Waals surface area contributed by atoms with Crippen molar-refractivity contribution in [1.82, 2.24) is 10.3 Å². The Hall–Kier alpha value is -2.52. The van der Waals surface area contributed by atoms with Crippen LogP contribution in [0.2, 0.25) is 0 Å². The van der Waals surface area contributed by atoms with Gasteiger partial charge >= 0.3 is 0 Å². The molecule has 1 aromatic carbocycles. The average Bonchev–Trinajstić information content (AvgIpc) is 3.87. The maximum atomic E-state index is 13.8. The Morgan fingerprint density at radius 2 is 1.81 bits per heavy atom. The van der Waals surface area contributed by atoms with E-state index >= 15 is 0 Å². The molecule has 5 fully saturated rings. The third-order valence-electron chi connectivity index (χ3n) is 14.0. The molecule has 8 heteroatoms. The number of hydrogen-bond acceptors (Lipinski definition) is 6. The van der Waals surface area contributed by atoms with Crippen molar-refractivity contribution >= 4 is 22.5 Å². The second kappa shape index (κ2) is 10.3. The van der Waals surface area contributed by atoms with Gasteiger partial charge in [0.15, 0.2) is 5.79 Å². The number of H-pyrrole nitrogens is 1. The predicted octanol–water partition coefficient (Wildman–Crippen LogP) is 6.19. The van der Waals surface area contributed by atoms with Crippen molar-refractivity contribution in [3.63, 3.8) is 0 Å². The molecule has 1 spiro atoms. The molecule has 3 heterocycles. The molecule has 2 aromatic rings. The monoisotopic (exact) mass is 641 g/mol. The number of para-hydroxylation sites is 1. The number of benzene rings is 1. The largest absolute Gasteiger partial charge is 0.382 e. The Labute approximate surface area is 278 Å². The minimum absolute atomic E-state index is 0.0731. The Balaban J connectivity index is 1.18. The molecule has 2 bridgehead atoms. The SMILES string of the molecule is CC1(C)O[C@@]23CC[C@]4(C)[C@@]5(C)c6[nH]c7ccccc7c6CC5C[C@H](OCC(=O)NC5CCCC5)[C@@]4(O)C2=CC(=NC2CCCC2)C1O3. The summed E-state index contributed by atoms with van der Waals surface area (Å²) < 4.78 is 20.7. The molecule has 47 heavy (non-hydrogen) atoms. The number of aliphatic hydroxyl groups is 1. The predicted molar refractivity (Wildman–Crippen MR) is 180 cm³/mol. The number of aromatic nitrogens is 1. The Bertz CT molecular complexity index is 1680. The normalized spacial score (nSPS) is 41.5. The van der Waals surface area contributed by atoms with Crippen LogP contribution in [-0.2, 0) is 30.8 Å². The van der Waals surface area contributed by atoms with Gasteiger partial charge in [-0.05, 0) is 82.4 Å². The van der Waals surface area contributed by atoms with Gasteiger partial charge in [0.25, 0.3) is 0 Å². The molecule has 1 saturated heterocycles. The number of nitrogens with zero attached hydrogens (tertiary/aromatic N) is 1. The highest BCUT2D eigenvalue weighted by Gasteiger charge is 2.77. The van der Waals surface area contributed by atoms with Crippen LogP contribution in [0.1, 0.15) is 110 Å². The van der Waals surface area contributed by atoms with Gasteiger partial charge in [-0.3, -0.25) is 9.79 Å². The highest BCUT2D eigenvalue weighted by Crippen LogP contribution is 2.72. The molecule has 1 amide bonds. The van der Waals surface area contributed by atoms with Gasteiger partial charge in [0, 0.05) is 45.5 Å². The molecule has 7 atom stereocenters. The van der Waals surface area contributed by atoms with E-state index in [1.807, 2.05) is 0 Å². The number of aliphatic imine (C=N–C) groups is 1. The smallest absolute Gasteiger partial charge is 0.246 e. The van der Waals surface area contributed by atoms with Crippen LogP contribution in [0.3, 0.4) is 0 Å². The lowest BCUT2D eigenvalue weighted by Crippen LogP contribution is -2.75. The van der Waals surface area contributed by atoms with Gasteiger partial charge in [-0.25, -0.2) is 0 Å². The zero-order valence-electron chi connectivity index (χ0n) is 28.5. The summed E-state index contributed by atoms with van der Waals surface area (Å²) in [6, 6.07) is 9.06. The lowest BCUT2D eigenvalue weighted by molar-refractivity contribution is -0.278. The summed E-state index contributed by atoms with van der Waals surface area (Å²) in [4.78, 5) is 22.4. The van der Waals surface area contributed by atoms with E-state index in [1.54, 1.807) is 0 Å². The summed E-state index contributed by atoms with van der Waals surface area (Å²) in [7, 11) is 0. The van der Waals surface area contributed by atoms with Crippen molar-refractivity contribution in [2.75, 3.05) is 6.61 Å². The molecule has 8 nitrogen and oxygen atoms in total. The molecule has 9 rings (SSSR count). The maximum absolute atomic E-state index is 13.8. The van der Waals surface area contributed by atoms with E-state index in [0.717, 1.165) is 61.7 Å². The zero-order valence-corrected chi connectivity index (χ0v) is 28.5. The maximum Gasteiger partial charge on any atom is 0.246 e. The summed E-state index contributed by atoms with van der Waals surface area (Å²) in [6.45, 7) is 8.75. The van der Waals surface area contributed by atoms with Gasteiger partial charge in [0.1, 0.15) is 18.3 Å². The van der Waals surface area contributed by atoms with E-state index in [-0.39, 0.29) is 42.0 Å². The third-order valence-corrected chi connectivity index (χ3v) is 14.0. The van der Waals surface area contributed by atoms with Crippen molar-refractivity contribution in [3.05, 3.63) is 47.2 Å². The first-order chi connectivity index (χ1) is 22.5. The first-order valence-corrected chi connectivity index (χ1v) is 18.4. The highest BCUT2D eigenvalue weighted by atomic mass is 16.8. The molecule has 252 valence electrons. The molecule has 5 aliphatic carbocycles. The van der Waals surface area contributed by atoms with Gasteiger partial charge in [-0.15, -0.1) is 0 Å². The van der Waals surface area contributed by atoms with Crippen LogP contribution < -0.4 is 5.32 Å². The minimum atomic E-state index is -1.47. The fourth-order valence-corrected chi connectivity index (χ4v) is 11.5. The fourth-order valence-electron chi connectivity index (χ4n) is 11.5. The van der Waals surface area contributed by atoms with Crippen LogP contribution in [0.5, 0.6) is 0 Å². The van der Waals surface area contributed by atoms with Crippen LogP contribution in [0, 0.1) is 11.3 Å². The second-order valence-electron chi connectivity index (χ2n) is 16.8.